The molecule has 0 aliphatic heterocycles. The lowest BCUT2D eigenvalue weighted by Crippen LogP contribution is -2.07. The number of fused-ring (bicyclic) bond motifs is 1. The molecule has 0 fully saturated rings. The average Bonchev–Trinajstić information content (AvgIpc) is 2.47. The first kappa shape index (κ1) is 14.2. The van der Waals surface area contributed by atoms with Gasteiger partial charge in [0.1, 0.15) is 0 Å². The van der Waals surface area contributed by atoms with Crippen molar-refractivity contribution in [3.8, 4) is 0 Å². The maximum absolute atomic E-state index is 6.25. The van der Waals surface area contributed by atoms with Crippen molar-refractivity contribution >= 4 is 39.8 Å². The van der Waals surface area contributed by atoms with Gasteiger partial charge in [-0.15, -0.1) is 0 Å². The molecule has 21 heavy (non-hydrogen) atoms. The molecule has 0 amide bonds. The standard InChI is InChI=1S/C17H14Cl2N2/c1-11(15-7-6-13(18)9-16(15)19)21-14-8-12-4-2-3-5-17(12)20-10-14/h2-11,21H,1H3. The molecular weight excluding hydrogens is 303 g/mol. The van der Waals surface area contributed by atoms with Crippen LogP contribution in [0.1, 0.15) is 18.5 Å². The van der Waals surface area contributed by atoms with E-state index in [1.807, 2.05) is 42.6 Å². The van der Waals surface area contributed by atoms with Crippen molar-refractivity contribution in [1.82, 2.24) is 4.98 Å². The van der Waals surface area contributed by atoms with Gasteiger partial charge in [-0.1, -0.05) is 47.5 Å². The van der Waals surface area contributed by atoms with E-state index in [0.29, 0.717) is 10.0 Å². The van der Waals surface area contributed by atoms with Gasteiger partial charge >= 0.3 is 0 Å². The van der Waals surface area contributed by atoms with Gasteiger partial charge in [0.05, 0.1) is 23.4 Å². The number of pyridine rings is 1. The number of nitrogens with one attached hydrogen (secondary N) is 1. The second kappa shape index (κ2) is 5.92. The molecule has 0 saturated carbocycles. The third-order valence-electron chi connectivity index (χ3n) is 3.40. The van der Waals surface area contributed by atoms with E-state index < -0.39 is 0 Å². The Labute approximate surface area is 133 Å². The molecule has 0 radical (unpaired) electrons. The first-order valence-electron chi connectivity index (χ1n) is 6.70. The van der Waals surface area contributed by atoms with Gasteiger partial charge in [-0.3, -0.25) is 4.98 Å². The second-order valence-corrected chi connectivity index (χ2v) is 5.79. The molecule has 1 aromatic heterocycles. The molecule has 1 atom stereocenters. The molecule has 0 bridgehead atoms. The third-order valence-corrected chi connectivity index (χ3v) is 3.97. The Kier molecular flexibility index (Phi) is 4.00. The first-order valence-corrected chi connectivity index (χ1v) is 7.45. The lowest BCUT2D eigenvalue weighted by Gasteiger charge is -2.17. The van der Waals surface area contributed by atoms with Crippen LogP contribution < -0.4 is 5.32 Å². The molecule has 0 spiro atoms. The van der Waals surface area contributed by atoms with Crippen LogP contribution in [-0.4, -0.2) is 4.98 Å². The van der Waals surface area contributed by atoms with Crippen LogP contribution in [0, 0.1) is 0 Å². The predicted molar refractivity (Wildman–Crippen MR) is 90.2 cm³/mol. The maximum Gasteiger partial charge on any atom is 0.0703 e. The minimum atomic E-state index is 0.0673. The molecular formula is C17H14Cl2N2. The van der Waals surface area contributed by atoms with Crippen molar-refractivity contribution in [1.29, 1.82) is 0 Å². The summed E-state index contributed by atoms with van der Waals surface area (Å²) in [4.78, 5) is 4.45. The van der Waals surface area contributed by atoms with Crippen molar-refractivity contribution < 1.29 is 0 Å². The number of aromatic nitrogens is 1. The number of hydrogen-bond donors (Lipinski definition) is 1. The van der Waals surface area contributed by atoms with Gasteiger partial charge in [0.25, 0.3) is 0 Å². The average molecular weight is 317 g/mol. The van der Waals surface area contributed by atoms with E-state index in [1.165, 1.54) is 0 Å². The fraction of sp³-hybridized carbons (Fsp3) is 0.118. The molecule has 4 heteroatoms. The molecule has 2 nitrogen and oxygen atoms in total. The van der Waals surface area contributed by atoms with Gasteiger partial charge in [-0.05, 0) is 36.8 Å². The summed E-state index contributed by atoms with van der Waals surface area (Å²) in [6.45, 7) is 2.06. The summed E-state index contributed by atoms with van der Waals surface area (Å²) in [6, 6.07) is 15.7. The zero-order valence-corrected chi connectivity index (χ0v) is 13.0. The molecule has 3 rings (SSSR count). The van der Waals surface area contributed by atoms with Crippen LogP contribution in [0.15, 0.2) is 54.7 Å². The Bertz CT molecular complexity index is 787. The fourth-order valence-electron chi connectivity index (χ4n) is 2.33. The van der Waals surface area contributed by atoms with Crippen molar-refractivity contribution in [2.24, 2.45) is 0 Å². The van der Waals surface area contributed by atoms with Crippen molar-refractivity contribution in [3.05, 3.63) is 70.3 Å². The lowest BCUT2D eigenvalue weighted by atomic mass is 10.1. The zero-order valence-electron chi connectivity index (χ0n) is 11.5. The van der Waals surface area contributed by atoms with Crippen molar-refractivity contribution in [2.45, 2.75) is 13.0 Å². The molecule has 0 aliphatic carbocycles. The lowest BCUT2D eigenvalue weighted by molar-refractivity contribution is 0.884. The minimum Gasteiger partial charge on any atom is -0.377 e. The van der Waals surface area contributed by atoms with Crippen LogP contribution in [0.4, 0.5) is 5.69 Å². The monoisotopic (exact) mass is 316 g/mol. The van der Waals surface area contributed by atoms with Crippen LogP contribution in [0.2, 0.25) is 10.0 Å². The van der Waals surface area contributed by atoms with Gasteiger partial charge in [0.15, 0.2) is 0 Å². The summed E-state index contributed by atoms with van der Waals surface area (Å²) in [7, 11) is 0. The predicted octanol–water partition coefficient (Wildman–Crippen LogP) is 5.71. The van der Waals surface area contributed by atoms with Crippen LogP contribution in [0.25, 0.3) is 10.9 Å². The number of halogens is 2. The summed E-state index contributed by atoms with van der Waals surface area (Å²) < 4.78 is 0. The molecule has 0 aliphatic rings. The fourth-order valence-corrected chi connectivity index (χ4v) is 2.90. The Morgan fingerprint density at radius 1 is 1.05 bits per heavy atom. The second-order valence-electron chi connectivity index (χ2n) is 4.95. The van der Waals surface area contributed by atoms with Crippen LogP contribution in [0.5, 0.6) is 0 Å². The number of anilines is 1. The highest BCUT2D eigenvalue weighted by molar-refractivity contribution is 6.35. The summed E-state index contributed by atoms with van der Waals surface area (Å²) in [6.07, 6.45) is 1.84. The summed E-state index contributed by atoms with van der Waals surface area (Å²) >= 11 is 12.2. The highest BCUT2D eigenvalue weighted by atomic mass is 35.5. The van der Waals surface area contributed by atoms with Crippen LogP contribution >= 0.6 is 23.2 Å². The van der Waals surface area contributed by atoms with Crippen molar-refractivity contribution in [2.75, 3.05) is 5.32 Å². The van der Waals surface area contributed by atoms with Gasteiger partial charge in [-0.2, -0.15) is 0 Å². The van der Waals surface area contributed by atoms with Crippen molar-refractivity contribution in [3.63, 3.8) is 0 Å². The summed E-state index contributed by atoms with van der Waals surface area (Å²) in [5.74, 6) is 0. The van der Waals surface area contributed by atoms with E-state index in [9.17, 15) is 0 Å². The van der Waals surface area contributed by atoms with Crippen LogP contribution in [-0.2, 0) is 0 Å². The van der Waals surface area contributed by atoms with Gasteiger partial charge in [0, 0.05) is 15.4 Å². The van der Waals surface area contributed by atoms with E-state index >= 15 is 0 Å². The first-order chi connectivity index (χ1) is 10.1. The Morgan fingerprint density at radius 3 is 2.67 bits per heavy atom. The zero-order chi connectivity index (χ0) is 14.8. The van der Waals surface area contributed by atoms with E-state index in [-0.39, 0.29) is 6.04 Å². The summed E-state index contributed by atoms with van der Waals surface area (Å²) in [5, 5.41) is 5.83. The Morgan fingerprint density at radius 2 is 1.86 bits per heavy atom. The smallest absolute Gasteiger partial charge is 0.0703 e. The number of rotatable bonds is 3. The highest BCUT2D eigenvalue weighted by Crippen LogP contribution is 2.28. The van der Waals surface area contributed by atoms with E-state index in [2.05, 4.69) is 23.3 Å². The Balaban J connectivity index is 1.87. The van der Waals surface area contributed by atoms with E-state index in [1.54, 1.807) is 6.07 Å². The van der Waals surface area contributed by atoms with Gasteiger partial charge in [-0.25, -0.2) is 0 Å². The quantitative estimate of drug-likeness (QED) is 0.669. The number of hydrogen-bond acceptors (Lipinski definition) is 2. The highest BCUT2D eigenvalue weighted by Gasteiger charge is 2.10. The molecule has 3 aromatic rings. The molecule has 1 heterocycles. The number of benzene rings is 2. The van der Waals surface area contributed by atoms with E-state index in [4.69, 9.17) is 23.2 Å². The maximum atomic E-state index is 6.25. The number of nitrogens with zero attached hydrogens (tertiary/aromatic N) is 1. The molecule has 106 valence electrons. The summed E-state index contributed by atoms with van der Waals surface area (Å²) in [5.41, 5.74) is 2.96. The SMILES string of the molecule is CC(Nc1cnc2ccccc2c1)c1ccc(Cl)cc1Cl. The topological polar surface area (TPSA) is 24.9 Å². The normalized spacial score (nSPS) is 12.3. The largest absolute Gasteiger partial charge is 0.377 e. The van der Waals surface area contributed by atoms with Crippen LogP contribution in [0.3, 0.4) is 0 Å². The number of para-hydroxylation sites is 1. The van der Waals surface area contributed by atoms with Gasteiger partial charge < -0.3 is 5.32 Å². The Hall–Kier alpha value is -1.77. The molecule has 2 aromatic carbocycles. The molecule has 1 unspecified atom stereocenters. The minimum absolute atomic E-state index is 0.0673. The van der Waals surface area contributed by atoms with E-state index in [0.717, 1.165) is 22.2 Å². The van der Waals surface area contributed by atoms with Gasteiger partial charge in [0.2, 0.25) is 0 Å². The molecule has 0 saturated heterocycles. The molecule has 1 N–H and O–H groups in total. The third kappa shape index (κ3) is 3.12.